The number of nitrogens with zero attached hydrogens (tertiary/aromatic N) is 1. The summed E-state index contributed by atoms with van der Waals surface area (Å²) in [6, 6.07) is 16.9. The number of ether oxygens (including phenoxy) is 1. The third-order valence-corrected chi connectivity index (χ3v) is 5.76. The van der Waals surface area contributed by atoms with Crippen molar-refractivity contribution < 1.29 is 9.53 Å². The van der Waals surface area contributed by atoms with Gasteiger partial charge in [-0.05, 0) is 42.1 Å². The number of methoxy groups -OCH3 is 1. The summed E-state index contributed by atoms with van der Waals surface area (Å²) in [6.07, 6.45) is 0. The van der Waals surface area contributed by atoms with Crippen LogP contribution in [0.15, 0.2) is 60.0 Å². The van der Waals surface area contributed by atoms with Crippen molar-refractivity contribution in [2.24, 2.45) is 0 Å². The second kappa shape index (κ2) is 7.62. The Morgan fingerprint density at radius 2 is 1.96 bits per heavy atom. The number of hydrogen-bond donors (Lipinski definition) is 1. The fourth-order valence-electron chi connectivity index (χ4n) is 3.03. The number of rotatable bonds is 4. The average Bonchev–Trinajstić information content (AvgIpc) is 3.24. The zero-order chi connectivity index (χ0) is 19.7. The third-order valence-electron chi connectivity index (χ3n) is 4.46. The highest BCUT2D eigenvalue weighted by atomic mass is 35.5. The molecule has 2 aromatic carbocycles. The first kappa shape index (κ1) is 18.5. The maximum absolute atomic E-state index is 13.2. The third kappa shape index (κ3) is 3.46. The fourth-order valence-corrected chi connectivity index (χ4v) is 3.87. The number of halogens is 1. The molecule has 0 spiro atoms. The zero-order valence-corrected chi connectivity index (χ0v) is 16.9. The summed E-state index contributed by atoms with van der Waals surface area (Å²) < 4.78 is 5.38. The van der Waals surface area contributed by atoms with Crippen molar-refractivity contribution in [1.82, 2.24) is 4.98 Å². The number of fused-ring (bicyclic) bond motifs is 1. The lowest BCUT2D eigenvalue weighted by atomic mass is 10.1. The molecule has 0 unspecified atom stereocenters. The van der Waals surface area contributed by atoms with E-state index in [1.165, 1.54) is 0 Å². The number of carbonyl (C=O) groups excluding carboxylic acids is 1. The summed E-state index contributed by atoms with van der Waals surface area (Å²) in [5.41, 5.74) is 3.55. The topological polar surface area (TPSA) is 51.2 Å². The molecular formula is C22H17ClN2O2S. The van der Waals surface area contributed by atoms with E-state index in [0.29, 0.717) is 22.0 Å². The number of nitrogens with one attached hydrogen (secondary N) is 1. The lowest BCUT2D eigenvalue weighted by Gasteiger charge is -2.14. The molecule has 2 aromatic heterocycles. The molecule has 4 nitrogen and oxygen atoms in total. The molecule has 6 heteroatoms. The highest BCUT2D eigenvalue weighted by Gasteiger charge is 2.17. The second-order valence-corrected chi connectivity index (χ2v) is 7.66. The van der Waals surface area contributed by atoms with E-state index in [9.17, 15) is 4.79 Å². The molecule has 0 atom stereocenters. The van der Waals surface area contributed by atoms with Crippen LogP contribution in [-0.2, 0) is 0 Å². The number of anilines is 1. The van der Waals surface area contributed by atoms with Crippen LogP contribution in [0, 0.1) is 6.92 Å². The molecule has 0 saturated carbocycles. The van der Waals surface area contributed by atoms with E-state index in [1.54, 1.807) is 24.5 Å². The number of para-hydroxylation sites is 1. The predicted molar refractivity (Wildman–Crippen MR) is 116 cm³/mol. The lowest BCUT2D eigenvalue weighted by molar-refractivity contribution is 0.102. The van der Waals surface area contributed by atoms with E-state index in [4.69, 9.17) is 21.3 Å². The molecular weight excluding hydrogens is 392 g/mol. The van der Waals surface area contributed by atoms with Crippen LogP contribution in [0.1, 0.15) is 15.9 Å². The largest absolute Gasteiger partial charge is 0.495 e. The van der Waals surface area contributed by atoms with Crippen molar-refractivity contribution in [2.45, 2.75) is 6.92 Å². The van der Waals surface area contributed by atoms with Gasteiger partial charge in [-0.3, -0.25) is 4.79 Å². The van der Waals surface area contributed by atoms with E-state index in [1.807, 2.05) is 60.8 Å². The van der Waals surface area contributed by atoms with Crippen LogP contribution in [0.3, 0.4) is 0 Å². The molecule has 4 aromatic rings. The molecule has 140 valence electrons. The summed E-state index contributed by atoms with van der Waals surface area (Å²) in [5, 5.41) is 6.34. The molecule has 0 aliphatic carbocycles. The van der Waals surface area contributed by atoms with E-state index < -0.39 is 0 Å². The summed E-state index contributed by atoms with van der Waals surface area (Å²) in [4.78, 5) is 18.9. The van der Waals surface area contributed by atoms with Gasteiger partial charge in [0.25, 0.3) is 5.91 Å². The summed E-state index contributed by atoms with van der Waals surface area (Å²) in [6.45, 7) is 1.88. The van der Waals surface area contributed by atoms with Gasteiger partial charge in [-0.2, -0.15) is 0 Å². The van der Waals surface area contributed by atoms with Crippen molar-refractivity contribution in [2.75, 3.05) is 12.4 Å². The number of aryl methyl sites for hydroxylation is 1. The Morgan fingerprint density at radius 1 is 1.14 bits per heavy atom. The molecule has 1 N–H and O–H groups in total. The standard InChI is InChI=1S/C22H17ClN2O2S/c1-13-10-18(20(27-2)12-16(13)23)25-22(26)15-11-19(21-8-5-9-28-21)24-17-7-4-3-6-14(15)17/h3-12H,1-2H3,(H,25,26). The van der Waals surface area contributed by atoms with Gasteiger partial charge in [0.15, 0.2) is 0 Å². The van der Waals surface area contributed by atoms with Gasteiger partial charge in [-0.25, -0.2) is 4.98 Å². The molecule has 0 aliphatic heterocycles. The number of hydrogen-bond acceptors (Lipinski definition) is 4. The number of amides is 1. The molecule has 28 heavy (non-hydrogen) atoms. The molecule has 0 bridgehead atoms. The number of carbonyl (C=O) groups is 1. The maximum atomic E-state index is 13.2. The van der Waals surface area contributed by atoms with Crippen LogP contribution < -0.4 is 10.1 Å². The zero-order valence-electron chi connectivity index (χ0n) is 15.3. The number of benzene rings is 2. The van der Waals surface area contributed by atoms with Crippen molar-refractivity contribution in [1.29, 1.82) is 0 Å². The minimum absolute atomic E-state index is 0.226. The van der Waals surface area contributed by atoms with Crippen molar-refractivity contribution in [3.8, 4) is 16.3 Å². The molecule has 4 rings (SSSR count). The fraction of sp³-hybridized carbons (Fsp3) is 0.0909. The average molecular weight is 409 g/mol. The Morgan fingerprint density at radius 3 is 2.71 bits per heavy atom. The van der Waals surface area contributed by atoms with Crippen LogP contribution in [0.25, 0.3) is 21.5 Å². The van der Waals surface area contributed by atoms with Crippen LogP contribution in [0.4, 0.5) is 5.69 Å². The Bertz CT molecular complexity index is 1170. The summed E-state index contributed by atoms with van der Waals surface area (Å²) in [7, 11) is 1.55. The van der Waals surface area contributed by atoms with Crippen LogP contribution in [0.5, 0.6) is 5.75 Å². The quantitative estimate of drug-likeness (QED) is 0.438. The smallest absolute Gasteiger partial charge is 0.256 e. The first-order valence-electron chi connectivity index (χ1n) is 8.66. The van der Waals surface area contributed by atoms with E-state index in [2.05, 4.69) is 5.32 Å². The van der Waals surface area contributed by atoms with E-state index in [-0.39, 0.29) is 5.91 Å². The summed E-state index contributed by atoms with van der Waals surface area (Å²) >= 11 is 7.76. The second-order valence-electron chi connectivity index (χ2n) is 6.31. The first-order chi connectivity index (χ1) is 13.6. The van der Waals surface area contributed by atoms with Crippen molar-refractivity contribution in [3.63, 3.8) is 0 Å². The monoisotopic (exact) mass is 408 g/mol. The number of aromatic nitrogens is 1. The Balaban J connectivity index is 1.80. The maximum Gasteiger partial charge on any atom is 0.256 e. The molecule has 0 saturated heterocycles. The first-order valence-corrected chi connectivity index (χ1v) is 9.91. The molecule has 0 fully saturated rings. The number of thiophene rings is 1. The Hall–Kier alpha value is -2.89. The van der Waals surface area contributed by atoms with Gasteiger partial charge in [-0.1, -0.05) is 35.9 Å². The lowest BCUT2D eigenvalue weighted by Crippen LogP contribution is -2.14. The van der Waals surface area contributed by atoms with Crippen LogP contribution in [0.2, 0.25) is 5.02 Å². The van der Waals surface area contributed by atoms with Crippen LogP contribution in [-0.4, -0.2) is 18.0 Å². The van der Waals surface area contributed by atoms with Gasteiger partial charge < -0.3 is 10.1 Å². The van der Waals surface area contributed by atoms with Gasteiger partial charge in [0.05, 0.1) is 34.4 Å². The predicted octanol–water partition coefficient (Wildman–Crippen LogP) is 6.19. The van der Waals surface area contributed by atoms with Gasteiger partial charge in [-0.15, -0.1) is 11.3 Å². The van der Waals surface area contributed by atoms with Crippen LogP contribution >= 0.6 is 22.9 Å². The Labute approximate surface area is 171 Å². The molecule has 0 aliphatic rings. The normalized spacial score (nSPS) is 10.8. The highest BCUT2D eigenvalue weighted by Crippen LogP contribution is 2.33. The SMILES string of the molecule is COc1cc(Cl)c(C)cc1NC(=O)c1cc(-c2cccs2)nc2ccccc12. The van der Waals surface area contributed by atoms with E-state index in [0.717, 1.165) is 27.0 Å². The molecule has 0 radical (unpaired) electrons. The molecule has 2 heterocycles. The Kier molecular flexibility index (Phi) is 5.03. The van der Waals surface area contributed by atoms with Gasteiger partial charge >= 0.3 is 0 Å². The van der Waals surface area contributed by atoms with E-state index >= 15 is 0 Å². The van der Waals surface area contributed by atoms with Crippen molar-refractivity contribution >= 4 is 45.4 Å². The minimum atomic E-state index is -0.226. The van der Waals surface area contributed by atoms with Gasteiger partial charge in [0, 0.05) is 16.5 Å². The summed E-state index contributed by atoms with van der Waals surface area (Å²) in [5.74, 6) is 0.289. The highest BCUT2D eigenvalue weighted by molar-refractivity contribution is 7.13. The van der Waals surface area contributed by atoms with Crippen molar-refractivity contribution in [3.05, 3.63) is 76.1 Å². The number of pyridine rings is 1. The van der Waals surface area contributed by atoms with Gasteiger partial charge in [0.1, 0.15) is 5.75 Å². The van der Waals surface area contributed by atoms with Gasteiger partial charge in [0.2, 0.25) is 0 Å². The minimum Gasteiger partial charge on any atom is -0.495 e. The molecule has 1 amide bonds.